The number of ether oxygens (including phenoxy) is 1. The summed E-state index contributed by atoms with van der Waals surface area (Å²) in [5, 5.41) is 1.40. The van der Waals surface area contributed by atoms with Gasteiger partial charge in [0, 0.05) is 37.4 Å². The molecular weight excluding hydrogens is 210 g/mol. The Kier molecular flexibility index (Phi) is 3.85. The largest absolute Gasteiger partial charge is 0.385 e. The van der Waals surface area contributed by atoms with Crippen LogP contribution in [0.25, 0.3) is 10.9 Å². The molecule has 2 aromatic rings. The number of fused-ring (bicyclic) bond motifs is 1. The molecule has 0 saturated heterocycles. The van der Waals surface area contributed by atoms with Crippen LogP contribution >= 0.6 is 0 Å². The van der Waals surface area contributed by atoms with Crippen LogP contribution in [0.5, 0.6) is 0 Å². The third kappa shape index (κ3) is 2.52. The molecule has 0 spiro atoms. The molecular formula is C15H21NO. The average molecular weight is 231 g/mol. The van der Waals surface area contributed by atoms with E-state index in [1.54, 1.807) is 7.11 Å². The van der Waals surface area contributed by atoms with Gasteiger partial charge in [-0.25, -0.2) is 0 Å². The fourth-order valence-electron chi connectivity index (χ4n) is 2.32. The van der Waals surface area contributed by atoms with Crippen LogP contribution in [0, 0.1) is 6.92 Å². The molecule has 0 saturated carbocycles. The van der Waals surface area contributed by atoms with E-state index in [1.807, 2.05) is 0 Å². The highest BCUT2D eigenvalue weighted by Crippen LogP contribution is 2.23. The Labute approximate surface area is 103 Å². The summed E-state index contributed by atoms with van der Waals surface area (Å²) in [4.78, 5) is 0. The number of methoxy groups -OCH3 is 1. The first-order chi connectivity index (χ1) is 8.26. The van der Waals surface area contributed by atoms with E-state index in [2.05, 4.69) is 42.8 Å². The molecule has 0 aliphatic carbocycles. The Morgan fingerprint density at radius 2 is 2.12 bits per heavy atom. The van der Waals surface area contributed by atoms with E-state index in [1.165, 1.54) is 22.0 Å². The third-order valence-corrected chi connectivity index (χ3v) is 3.25. The van der Waals surface area contributed by atoms with Crippen LogP contribution in [0.2, 0.25) is 0 Å². The lowest BCUT2D eigenvalue weighted by molar-refractivity contribution is 0.190. The van der Waals surface area contributed by atoms with Gasteiger partial charge in [0.25, 0.3) is 0 Å². The van der Waals surface area contributed by atoms with Gasteiger partial charge in [-0.1, -0.05) is 19.1 Å². The minimum absolute atomic E-state index is 0.826. The molecule has 0 unspecified atom stereocenters. The van der Waals surface area contributed by atoms with Crippen molar-refractivity contribution in [2.45, 2.75) is 33.2 Å². The second kappa shape index (κ2) is 5.37. The van der Waals surface area contributed by atoms with Crippen molar-refractivity contribution in [2.24, 2.45) is 0 Å². The van der Waals surface area contributed by atoms with Crippen LogP contribution in [0.3, 0.4) is 0 Å². The van der Waals surface area contributed by atoms with Crippen LogP contribution in [-0.4, -0.2) is 18.3 Å². The highest BCUT2D eigenvalue weighted by Gasteiger charge is 2.06. The zero-order chi connectivity index (χ0) is 12.3. The standard InChI is InChI=1S/C15H21NO/c1-4-13-11-16(8-5-9-17-3)15-10-12(2)6-7-14(13)15/h6-7,10-11H,4-5,8-9H2,1-3H3. The van der Waals surface area contributed by atoms with Crippen LogP contribution in [0.1, 0.15) is 24.5 Å². The Bertz CT molecular complexity index is 499. The van der Waals surface area contributed by atoms with E-state index in [-0.39, 0.29) is 0 Å². The molecule has 2 heteroatoms. The second-order valence-electron chi connectivity index (χ2n) is 4.57. The van der Waals surface area contributed by atoms with Gasteiger partial charge in [-0.05, 0) is 37.0 Å². The number of benzene rings is 1. The zero-order valence-corrected chi connectivity index (χ0v) is 11.0. The van der Waals surface area contributed by atoms with E-state index < -0.39 is 0 Å². The zero-order valence-electron chi connectivity index (χ0n) is 11.0. The predicted molar refractivity (Wildman–Crippen MR) is 72.5 cm³/mol. The molecule has 0 N–H and O–H groups in total. The van der Waals surface area contributed by atoms with Crippen LogP contribution in [0.15, 0.2) is 24.4 Å². The van der Waals surface area contributed by atoms with Crippen molar-refractivity contribution in [3.8, 4) is 0 Å². The van der Waals surface area contributed by atoms with Crippen molar-refractivity contribution >= 4 is 10.9 Å². The van der Waals surface area contributed by atoms with Gasteiger partial charge in [0.05, 0.1) is 0 Å². The van der Waals surface area contributed by atoms with Gasteiger partial charge in [-0.3, -0.25) is 0 Å². The van der Waals surface area contributed by atoms with Crippen LogP contribution in [0.4, 0.5) is 0 Å². The van der Waals surface area contributed by atoms with E-state index in [9.17, 15) is 0 Å². The van der Waals surface area contributed by atoms with E-state index in [0.717, 1.165) is 26.0 Å². The average Bonchev–Trinajstić information content (AvgIpc) is 2.67. The molecule has 0 aliphatic heterocycles. The first-order valence-corrected chi connectivity index (χ1v) is 6.33. The Hall–Kier alpha value is -1.28. The normalized spacial score (nSPS) is 11.2. The van der Waals surface area contributed by atoms with Crippen molar-refractivity contribution < 1.29 is 4.74 Å². The number of rotatable bonds is 5. The van der Waals surface area contributed by atoms with E-state index in [4.69, 9.17) is 4.74 Å². The van der Waals surface area contributed by atoms with Gasteiger partial charge in [-0.2, -0.15) is 0 Å². The van der Waals surface area contributed by atoms with Gasteiger partial charge in [0.2, 0.25) is 0 Å². The van der Waals surface area contributed by atoms with E-state index in [0.29, 0.717) is 0 Å². The maximum absolute atomic E-state index is 5.12. The topological polar surface area (TPSA) is 14.2 Å². The summed E-state index contributed by atoms with van der Waals surface area (Å²) in [6.45, 7) is 6.23. The number of aromatic nitrogens is 1. The first-order valence-electron chi connectivity index (χ1n) is 6.33. The number of hydrogen-bond acceptors (Lipinski definition) is 1. The fraction of sp³-hybridized carbons (Fsp3) is 0.467. The summed E-state index contributed by atoms with van der Waals surface area (Å²) < 4.78 is 7.48. The summed E-state index contributed by atoms with van der Waals surface area (Å²) in [6, 6.07) is 6.72. The second-order valence-corrected chi connectivity index (χ2v) is 4.57. The van der Waals surface area contributed by atoms with Gasteiger partial charge in [-0.15, -0.1) is 0 Å². The summed E-state index contributed by atoms with van der Waals surface area (Å²) in [5.74, 6) is 0. The first kappa shape index (κ1) is 12.2. The fourth-order valence-corrected chi connectivity index (χ4v) is 2.32. The summed E-state index contributed by atoms with van der Waals surface area (Å²) in [7, 11) is 1.76. The van der Waals surface area contributed by atoms with Crippen molar-refractivity contribution in [1.82, 2.24) is 4.57 Å². The molecule has 1 aromatic carbocycles. The van der Waals surface area contributed by atoms with Crippen molar-refractivity contribution in [1.29, 1.82) is 0 Å². The molecule has 0 radical (unpaired) electrons. The number of nitrogens with zero attached hydrogens (tertiary/aromatic N) is 1. The molecule has 1 heterocycles. The van der Waals surface area contributed by atoms with Gasteiger partial charge >= 0.3 is 0 Å². The molecule has 2 rings (SSSR count). The van der Waals surface area contributed by atoms with Crippen molar-refractivity contribution in [3.05, 3.63) is 35.5 Å². The smallest absolute Gasteiger partial charge is 0.0485 e. The summed E-state index contributed by atoms with van der Waals surface area (Å²) in [6.07, 6.45) is 4.45. The molecule has 0 amide bonds. The number of hydrogen-bond donors (Lipinski definition) is 0. The monoisotopic (exact) mass is 231 g/mol. The van der Waals surface area contributed by atoms with Crippen molar-refractivity contribution in [2.75, 3.05) is 13.7 Å². The molecule has 0 atom stereocenters. The van der Waals surface area contributed by atoms with Crippen molar-refractivity contribution in [3.63, 3.8) is 0 Å². The van der Waals surface area contributed by atoms with Crippen LogP contribution < -0.4 is 0 Å². The van der Waals surface area contributed by atoms with Crippen LogP contribution in [-0.2, 0) is 17.7 Å². The molecule has 0 bridgehead atoms. The molecule has 2 nitrogen and oxygen atoms in total. The third-order valence-electron chi connectivity index (χ3n) is 3.25. The Morgan fingerprint density at radius 3 is 2.82 bits per heavy atom. The molecule has 17 heavy (non-hydrogen) atoms. The quantitative estimate of drug-likeness (QED) is 0.718. The Morgan fingerprint density at radius 1 is 1.29 bits per heavy atom. The maximum atomic E-state index is 5.12. The molecule has 0 fully saturated rings. The van der Waals surface area contributed by atoms with E-state index >= 15 is 0 Å². The summed E-state index contributed by atoms with van der Waals surface area (Å²) in [5.41, 5.74) is 4.13. The number of aryl methyl sites for hydroxylation is 3. The maximum Gasteiger partial charge on any atom is 0.0485 e. The highest BCUT2D eigenvalue weighted by atomic mass is 16.5. The highest BCUT2D eigenvalue weighted by molar-refractivity contribution is 5.84. The van der Waals surface area contributed by atoms with Gasteiger partial charge in [0.15, 0.2) is 0 Å². The SMILES string of the molecule is CCc1cn(CCCOC)c2cc(C)ccc12. The Balaban J connectivity index is 2.36. The summed E-state index contributed by atoms with van der Waals surface area (Å²) >= 11 is 0. The van der Waals surface area contributed by atoms with Gasteiger partial charge < -0.3 is 9.30 Å². The van der Waals surface area contributed by atoms with Gasteiger partial charge in [0.1, 0.15) is 0 Å². The molecule has 0 aliphatic rings. The minimum Gasteiger partial charge on any atom is -0.385 e. The predicted octanol–water partition coefficient (Wildman–Crippen LogP) is 3.55. The lowest BCUT2D eigenvalue weighted by Crippen LogP contribution is -1.99. The molecule has 92 valence electrons. The minimum atomic E-state index is 0.826. The lowest BCUT2D eigenvalue weighted by atomic mass is 10.1. The lowest BCUT2D eigenvalue weighted by Gasteiger charge is -2.05. The molecule has 1 aromatic heterocycles.